The van der Waals surface area contributed by atoms with Crippen molar-refractivity contribution < 1.29 is 19.1 Å². The van der Waals surface area contributed by atoms with E-state index in [1.165, 1.54) is 38.3 Å². The molecule has 1 saturated carbocycles. The van der Waals surface area contributed by atoms with Crippen molar-refractivity contribution in [3.63, 3.8) is 0 Å². The molecule has 2 rings (SSSR count). The molecular formula is C22H36N4O4. The first kappa shape index (κ1) is 25.6. The van der Waals surface area contributed by atoms with Gasteiger partial charge in [-0.15, -0.1) is 0 Å². The first-order chi connectivity index (χ1) is 14.3. The largest absolute Gasteiger partial charge is 0.497 e. The van der Waals surface area contributed by atoms with Crippen LogP contribution in [0.25, 0.3) is 0 Å². The number of nitrogens with zero attached hydrogens (tertiary/aromatic N) is 2. The summed E-state index contributed by atoms with van der Waals surface area (Å²) in [5, 5.41) is 5.99. The van der Waals surface area contributed by atoms with Crippen LogP contribution in [-0.4, -0.2) is 67.3 Å². The second-order valence-electron chi connectivity index (χ2n) is 7.69. The molecule has 0 spiro atoms. The molecule has 1 aromatic heterocycles. The SMILES string of the molecule is CC(C)NC1CCC1.CNC(=O)C(CCC=O)N(C)C(=O)Cc1cc(OC)ccn1. The zero-order valence-corrected chi connectivity index (χ0v) is 18.8. The molecule has 2 N–H and O–H groups in total. The number of carbonyl (C=O) groups is 3. The van der Waals surface area contributed by atoms with Crippen molar-refractivity contribution in [2.75, 3.05) is 21.2 Å². The highest BCUT2D eigenvalue weighted by molar-refractivity contribution is 5.88. The Hall–Kier alpha value is -2.48. The monoisotopic (exact) mass is 420 g/mol. The number of hydrogen-bond acceptors (Lipinski definition) is 6. The van der Waals surface area contributed by atoms with E-state index in [1.807, 2.05) is 0 Å². The fourth-order valence-corrected chi connectivity index (χ4v) is 3.07. The molecule has 1 aliphatic carbocycles. The Morgan fingerprint density at radius 3 is 2.53 bits per heavy atom. The second kappa shape index (κ2) is 13.7. The molecule has 168 valence electrons. The minimum atomic E-state index is -0.673. The van der Waals surface area contributed by atoms with E-state index in [0.29, 0.717) is 17.5 Å². The van der Waals surface area contributed by atoms with Crippen LogP contribution in [0.1, 0.15) is 51.6 Å². The molecule has 0 radical (unpaired) electrons. The third kappa shape index (κ3) is 8.90. The van der Waals surface area contributed by atoms with E-state index in [1.54, 1.807) is 25.4 Å². The lowest BCUT2D eigenvalue weighted by Crippen LogP contribution is -2.47. The number of likely N-dealkylation sites (N-methyl/N-ethyl adjacent to an activating group) is 2. The Morgan fingerprint density at radius 1 is 1.37 bits per heavy atom. The van der Waals surface area contributed by atoms with E-state index in [2.05, 4.69) is 29.5 Å². The van der Waals surface area contributed by atoms with Crippen LogP contribution >= 0.6 is 0 Å². The summed E-state index contributed by atoms with van der Waals surface area (Å²) in [5.74, 6) is 0.0702. The number of aldehydes is 1. The molecule has 1 fully saturated rings. The molecule has 1 heterocycles. The summed E-state index contributed by atoms with van der Waals surface area (Å²) >= 11 is 0. The lowest BCUT2D eigenvalue weighted by Gasteiger charge is -2.28. The Balaban J connectivity index is 0.000000467. The predicted octanol–water partition coefficient (Wildman–Crippen LogP) is 1.72. The Labute approximate surface area is 179 Å². The van der Waals surface area contributed by atoms with Gasteiger partial charge in [0.15, 0.2) is 0 Å². The van der Waals surface area contributed by atoms with Gasteiger partial charge in [-0.25, -0.2) is 0 Å². The van der Waals surface area contributed by atoms with E-state index >= 15 is 0 Å². The Kier molecular flexibility index (Phi) is 11.7. The summed E-state index contributed by atoms with van der Waals surface area (Å²) in [6.45, 7) is 4.41. The number of amides is 2. The van der Waals surface area contributed by atoms with E-state index in [-0.39, 0.29) is 31.1 Å². The highest BCUT2D eigenvalue weighted by atomic mass is 16.5. The summed E-state index contributed by atoms with van der Waals surface area (Å²) in [6, 6.07) is 4.23. The summed E-state index contributed by atoms with van der Waals surface area (Å²) in [7, 11) is 4.58. The van der Waals surface area contributed by atoms with Gasteiger partial charge in [0, 0.05) is 44.9 Å². The van der Waals surface area contributed by atoms with Gasteiger partial charge in [-0.3, -0.25) is 14.6 Å². The van der Waals surface area contributed by atoms with Gasteiger partial charge in [-0.2, -0.15) is 0 Å². The first-order valence-electron chi connectivity index (χ1n) is 10.5. The van der Waals surface area contributed by atoms with Crippen molar-refractivity contribution in [1.82, 2.24) is 20.5 Å². The molecule has 0 aromatic carbocycles. The Morgan fingerprint density at radius 2 is 2.07 bits per heavy atom. The van der Waals surface area contributed by atoms with Crippen molar-refractivity contribution in [3.05, 3.63) is 24.0 Å². The van der Waals surface area contributed by atoms with Crippen LogP contribution < -0.4 is 15.4 Å². The summed E-state index contributed by atoms with van der Waals surface area (Å²) in [4.78, 5) is 40.2. The molecule has 1 aliphatic rings. The number of pyridine rings is 1. The van der Waals surface area contributed by atoms with Crippen LogP contribution in [0, 0.1) is 0 Å². The fourth-order valence-electron chi connectivity index (χ4n) is 3.07. The van der Waals surface area contributed by atoms with Crippen molar-refractivity contribution in [3.8, 4) is 5.75 Å². The van der Waals surface area contributed by atoms with E-state index < -0.39 is 6.04 Å². The van der Waals surface area contributed by atoms with Gasteiger partial charge in [0.25, 0.3) is 0 Å². The smallest absolute Gasteiger partial charge is 0.242 e. The van der Waals surface area contributed by atoms with E-state index in [9.17, 15) is 14.4 Å². The highest BCUT2D eigenvalue weighted by Gasteiger charge is 2.26. The number of carbonyl (C=O) groups excluding carboxylic acids is 3. The van der Waals surface area contributed by atoms with Gasteiger partial charge in [-0.1, -0.05) is 20.3 Å². The molecular weight excluding hydrogens is 384 g/mol. The number of ether oxygens (including phenoxy) is 1. The second-order valence-corrected chi connectivity index (χ2v) is 7.69. The number of methoxy groups -OCH3 is 1. The molecule has 1 atom stereocenters. The molecule has 8 nitrogen and oxygen atoms in total. The lowest BCUT2D eigenvalue weighted by atomic mass is 9.93. The van der Waals surface area contributed by atoms with Gasteiger partial charge in [0.1, 0.15) is 18.1 Å². The normalized spacial score (nSPS) is 14.1. The van der Waals surface area contributed by atoms with Crippen LogP contribution in [-0.2, 0) is 20.8 Å². The zero-order valence-electron chi connectivity index (χ0n) is 18.8. The van der Waals surface area contributed by atoms with Crippen molar-refractivity contribution in [2.45, 2.75) is 70.5 Å². The van der Waals surface area contributed by atoms with Crippen LogP contribution in [0.3, 0.4) is 0 Å². The molecule has 0 saturated heterocycles. The summed E-state index contributed by atoms with van der Waals surface area (Å²) < 4.78 is 5.09. The zero-order chi connectivity index (χ0) is 22.5. The number of nitrogens with one attached hydrogen (secondary N) is 2. The highest BCUT2D eigenvalue weighted by Crippen LogP contribution is 2.18. The van der Waals surface area contributed by atoms with Gasteiger partial charge in [0.2, 0.25) is 11.8 Å². The van der Waals surface area contributed by atoms with Gasteiger partial charge in [-0.05, 0) is 25.3 Å². The minimum absolute atomic E-state index is 0.0578. The fraction of sp³-hybridized carbons (Fsp3) is 0.636. The molecule has 2 amide bonds. The van der Waals surface area contributed by atoms with Crippen LogP contribution in [0.2, 0.25) is 0 Å². The topological polar surface area (TPSA) is 101 Å². The average molecular weight is 421 g/mol. The van der Waals surface area contributed by atoms with E-state index in [0.717, 1.165) is 12.3 Å². The molecule has 30 heavy (non-hydrogen) atoms. The third-order valence-electron chi connectivity index (χ3n) is 5.00. The number of aromatic nitrogens is 1. The van der Waals surface area contributed by atoms with Crippen molar-refractivity contribution in [2.24, 2.45) is 0 Å². The number of rotatable bonds is 10. The third-order valence-corrected chi connectivity index (χ3v) is 5.00. The predicted molar refractivity (Wildman–Crippen MR) is 116 cm³/mol. The van der Waals surface area contributed by atoms with Crippen LogP contribution in [0.4, 0.5) is 0 Å². The minimum Gasteiger partial charge on any atom is -0.497 e. The number of hydrogen-bond donors (Lipinski definition) is 2. The average Bonchev–Trinajstić information content (AvgIpc) is 2.71. The van der Waals surface area contributed by atoms with Crippen LogP contribution in [0.15, 0.2) is 18.3 Å². The van der Waals surface area contributed by atoms with Crippen LogP contribution in [0.5, 0.6) is 5.75 Å². The van der Waals surface area contributed by atoms with Crippen molar-refractivity contribution in [1.29, 1.82) is 0 Å². The van der Waals surface area contributed by atoms with E-state index in [4.69, 9.17) is 4.74 Å². The Bertz CT molecular complexity index is 677. The molecule has 0 aliphatic heterocycles. The molecule has 1 aromatic rings. The maximum absolute atomic E-state index is 12.3. The molecule has 8 heteroatoms. The quantitative estimate of drug-likeness (QED) is 0.559. The lowest BCUT2D eigenvalue weighted by molar-refractivity contribution is -0.138. The van der Waals surface area contributed by atoms with Gasteiger partial charge >= 0.3 is 0 Å². The molecule has 0 bridgehead atoms. The van der Waals surface area contributed by atoms with Crippen molar-refractivity contribution >= 4 is 18.1 Å². The maximum Gasteiger partial charge on any atom is 0.242 e. The summed E-state index contributed by atoms with van der Waals surface area (Å²) in [5.41, 5.74) is 0.558. The molecule has 1 unspecified atom stereocenters. The first-order valence-corrected chi connectivity index (χ1v) is 10.5. The van der Waals surface area contributed by atoms with Gasteiger partial charge in [0.05, 0.1) is 19.2 Å². The van der Waals surface area contributed by atoms with Gasteiger partial charge < -0.3 is 25.1 Å². The standard InChI is InChI=1S/C15H21N3O4.C7H15N/c1-16-15(21)13(5-4-8-19)18(2)14(20)10-11-9-12(22-3)6-7-17-11;1-6(2)8-7-4-3-5-7/h6-9,13H,4-5,10H2,1-3H3,(H,16,21);6-8H,3-5H2,1-2H3. The summed E-state index contributed by atoms with van der Waals surface area (Å²) in [6.07, 6.45) is 7.09. The maximum atomic E-state index is 12.3.